The summed E-state index contributed by atoms with van der Waals surface area (Å²) < 4.78 is 0. The number of likely N-dealkylation sites (tertiary alicyclic amines) is 1. The number of hydrogen-bond acceptors (Lipinski definition) is 3. The lowest BCUT2D eigenvalue weighted by Gasteiger charge is -2.21. The molecule has 2 atom stereocenters. The second-order valence-electron chi connectivity index (χ2n) is 6.80. The number of carbonyl (C=O) groups excluding carboxylic acids is 2. The van der Waals surface area contributed by atoms with Crippen molar-refractivity contribution in [3.63, 3.8) is 0 Å². The quantitative estimate of drug-likeness (QED) is 0.759. The van der Waals surface area contributed by atoms with Gasteiger partial charge in [-0.05, 0) is 55.5 Å². The first-order valence-corrected chi connectivity index (χ1v) is 9.24. The Labute approximate surface area is 153 Å². The van der Waals surface area contributed by atoms with Gasteiger partial charge in [0.25, 0.3) is 0 Å². The zero-order valence-corrected chi connectivity index (χ0v) is 15.0. The van der Waals surface area contributed by atoms with Gasteiger partial charge >= 0.3 is 6.03 Å². The van der Waals surface area contributed by atoms with E-state index < -0.39 is 0 Å². The minimum absolute atomic E-state index is 0.00502. The molecule has 0 saturated carbocycles. The number of nitrogens with one attached hydrogen (secondary N) is 3. The summed E-state index contributed by atoms with van der Waals surface area (Å²) >= 11 is 5.83. The van der Waals surface area contributed by atoms with Crippen LogP contribution in [0.15, 0.2) is 24.3 Å². The van der Waals surface area contributed by atoms with E-state index in [1.165, 1.54) is 0 Å². The average Bonchev–Trinajstić information content (AvgIpc) is 2.97. The largest absolute Gasteiger partial charge is 0.341 e. The number of hydrogen-bond donors (Lipinski definition) is 3. The van der Waals surface area contributed by atoms with E-state index in [4.69, 9.17) is 11.6 Å². The number of nitrogens with zero attached hydrogens (tertiary/aromatic N) is 1. The van der Waals surface area contributed by atoms with E-state index in [1.807, 2.05) is 17.0 Å². The second kappa shape index (κ2) is 8.54. The maximum absolute atomic E-state index is 12.3. The van der Waals surface area contributed by atoms with E-state index in [1.54, 1.807) is 12.1 Å². The lowest BCUT2D eigenvalue weighted by Crippen LogP contribution is -2.44. The third-order valence-electron chi connectivity index (χ3n) is 5.14. The van der Waals surface area contributed by atoms with Crippen molar-refractivity contribution < 1.29 is 9.59 Å². The minimum Gasteiger partial charge on any atom is -0.341 e. The molecule has 1 aromatic carbocycles. The van der Waals surface area contributed by atoms with Gasteiger partial charge in [-0.1, -0.05) is 23.7 Å². The van der Waals surface area contributed by atoms with Gasteiger partial charge < -0.3 is 20.9 Å². The van der Waals surface area contributed by atoms with Gasteiger partial charge in [-0.15, -0.1) is 0 Å². The molecule has 2 saturated heterocycles. The molecule has 0 aliphatic carbocycles. The van der Waals surface area contributed by atoms with E-state index in [9.17, 15) is 9.59 Å². The molecule has 25 heavy (non-hydrogen) atoms. The number of urea groups is 1. The first-order chi connectivity index (χ1) is 12.1. The van der Waals surface area contributed by atoms with Gasteiger partial charge in [0.2, 0.25) is 5.91 Å². The lowest BCUT2D eigenvalue weighted by molar-refractivity contribution is -0.130. The molecule has 0 spiro atoms. The van der Waals surface area contributed by atoms with Crippen LogP contribution in [-0.2, 0) is 11.3 Å². The summed E-state index contributed by atoms with van der Waals surface area (Å²) in [5.74, 6) is 1.37. The number of benzene rings is 1. The molecule has 2 aliphatic rings. The SMILES string of the molecule is O=C(NCC(=O)N1CC[C@@H]2CNC[C@@H]2CC1)NCc1ccc(Cl)cc1. The fourth-order valence-electron chi connectivity index (χ4n) is 3.58. The highest BCUT2D eigenvalue weighted by Crippen LogP contribution is 2.26. The molecule has 2 heterocycles. The monoisotopic (exact) mass is 364 g/mol. The molecule has 3 amide bonds. The molecule has 2 fully saturated rings. The van der Waals surface area contributed by atoms with Crippen molar-refractivity contribution in [3.05, 3.63) is 34.9 Å². The van der Waals surface area contributed by atoms with Crippen molar-refractivity contribution in [2.75, 3.05) is 32.7 Å². The highest BCUT2D eigenvalue weighted by atomic mass is 35.5. The Kier molecular flexibility index (Phi) is 6.15. The third kappa shape index (κ3) is 5.09. The second-order valence-corrected chi connectivity index (χ2v) is 7.24. The Balaban J connectivity index is 1.38. The van der Waals surface area contributed by atoms with Gasteiger partial charge in [0.15, 0.2) is 0 Å². The predicted octanol–water partition coefficient (Wildman–Crippen LogP) is 1.60. The molecular weight excluding hydrogens is 340 g/mol. The van der Waals surface area contributed by atoms with E-state index in [2.05, 4.69) is 16.0 Å². The Morgan fingerprint density at radius 3 is 2.36 bits per heavy atom. The van der Waals surface area contributed by atoms with Crippen molar-refractivity contribution in [2.45, 2.75) is 19.4 Å². The van der Waals surface area contributed by atoms with Crippen LogP contribution in [-0.4, -0.2) is 49.6 Å². The average molecular weight is 365 g/mol. The summed E-state index contributed by atoms with van der Waals surface area (Å²) in [5.41, 5.74) is 0.957. The van der Waals surface area contributed by atoms with Crippen LogP contribution in [0.3, 0.4) is 0 Å². The number of carbonyl (C=O) groups is 2. The standard InChI is InChI=1S/C18H25ClN4O2/c19-16-3-1-13(2-4-16)9-21-18(25)22-12-17(24)23-7-5-14-10-20-11-15(14)6-8-23/h1-4,14-15,20H,5-12H2,(H2,21,22,25)/t14-,15+. The number of halogens is 1. The van der Waals surface area contributed by atoms with Crippen molar-refractivity contribution in [3.8, 4) is 0 Å². The fourth-order valence-corrected chi connectivity index (χ4v) is 3.71. The number of fused-ring (bicyclic) bond motifs is 1. The van der Waals surface area contributed by atoms with Gasteiger partial charge in [-0.2, -0.15) is 0 Å². The molecule has 0 radical (unpaired) electrons. The summed E-state index contributed by atoms with van der Waals surface area (Å²) in [4.78, 5) is 26.1. The van der Waals surface area contributed by atoms with Crippen molar-refractivity contribution in [2.24, 2.45) is 11.8 Å². The van der Waals surface area contributed by atoms with E-state index in [0.717, 1.165) is 44.6 Å². The van der Waals surface area contributed by atoms with Crippen LogP contribution < -0.4 is 16.0 Å². The Hall–Kier alpha value is -1.79. The Morgan fingerprint density at radius 2 is 1.72 bits per heavy atom. The van der Waals surface area contributed by atoms with Gasteiger partial charge in [-0.25, -0.2) is 4.79 Å². The molecule has 1 aromatic rings. The molecule has 7 heteroatoms. The number of rotatable bonds is 4. The summed E-state index contributed by atoms with van der Waals surface area (Å²) in [7, 11) is 0. The van der Waals surface area contributed by atoms with Gasteiger partial charge in [0.05, 0.1) is 6.54 Å². The first-order valence-electron chi connectivity index (χ1n) is 8.86. The first kappa shape index (κ1) is 18.0. The van der Waals surface area contributed by atoms with E-state index >= 15 is 0 Å². The summed E-state index contributed by atoms with van der Waals surface area (Å²) in [6.07, 6.45) is 2.10. The summed E-state index contributed by atoms with van der Waals surface area (Å²) in [6.45, 7) is 4.15. The molecule has 3 N–H and O–H groups in total. The molecule has 136 valence electrons. The molecule has 0 unspecified atom stereocenters. The Morgan fingerprint density at radius 1 is 1.08 bits per heavy atom. The predicted molar refractivity (Wildman–Crippen MR) is 97.4 cm³/mol. The number of amides is 3. The molecule has 0 aromatic heterocycles. The van der Waals surface area contributed by atoms with Gasteiger partial charge in [-0.3, -0.25) is 4.79 Å². The molecular formula is C18H25ClN4O2. The maximum atomic E-state index is 12.3. The van der Waals surface area contributed by atoms with Crippen LogP contribution in [0.5, 0.6) is 0 Å². The van der Waals surface area contributed by atoms with Crippen LogP contribution >= 0.6 is 11.6 Å². The normalized spacial score (nSPS) is 22.8. The van der Waals surface area contributed by atoms with Crippen LogP contribution in [0.2, 0.25) is 5.02 Å². The molecule has 3 rings (SSSR count). The minimum atomic E-state index is -0.334. The van der Waals surface area contributed by atoms with E-state index in [0.29, 0.717) is 23.4 Å². The molecule has 2 aliphatic heterocycles. The van der Waals surface area contributed by atoms with Gasteiger partial charge in [0.1, 0.15) is 0 Å². The highest BCUT2D eigenvalue weighted by molar-refractivity contribution is 6.30. The third-order valence-corrected chi connectivity index (χ3v) is 5.39. The maximum Gasteiger partial charge on any atom is 0.315 e. The van der Waals surface area contributed by atoms with Crippen LogP contribution in [0, 0.1) is 11.8 Å². The lowest BCUT2D eigenvalue weighted by atomic mass is 9.92. The summed E-state index contributed by atoms with van der Waals surface area (Å²) in [6, 6.07) is 6.95. The molecule has 6 nitrogen and oxygen atoms in total. The fraction of sp³-hybridized carbons (Fsp3) is 0.556. The highest BCUT2D eigenvalue weighted by Gasteiger charge is 2.31. The van der Waals surface area contributed by atoms with E-state index in [-0.39, 0.29) is 18.5 Å². The van der Waals surface area contributed by atoms with Crippen LogP contribution in [0.4, 0.5) is 4.79 Å². The van der Waals surface area contributed by atoms with Crippen molar-refractivity contribution in [1.82, 2.24) is 20.9 Å². The zero-order valence-electron chi connectivity index (χ0n) is 14.3. The smallest absolute Gasteiger partial charge is 0.315 e. The van der Waals surface area contributed by atoms with Crippen molar-refractivity contribution >= 4 is 23.5 Å². The Bertz CT molecular complexity index is 594. The van der Waals surface area contributed by atoms with Gasteiger partial charge in [0, 0.05) is 24.7 Å². The topological polar surface area (TPSA) is 73.5 Å². The molecule has 0 bridgehead atoms. The zero-order chi connectivity index (χ0) is 17.6. The van der Waals surface area contributed by atoms with Crippen molar-refractivity contribution in [1.29, 1.82) is 0 Å². The van der Waals surface area contributed by atoms with Crippen LogP contribution in [0.25, 0.3) is 0 Å². The van der Waals surface area contributed by atoms with Crippen LogP contribution in [0.1, 0.15) is 18.4 Å². The summed E-state index contributed by atoms with van der Waals surface area (Å²) in [5, 5.41) is 9.50.